The van der Waals surface area contributed by atoms with Crippen molar-refractivity contribution in [3.63, 3.8) is 0 Å². The molecule has 17 heavy (non-hydrogen) atoms. The number of carbonyl (C=O) groups is 1. The van der Waals surface area contributed by atoms with Gasteiger partial charge in [-0.05, 0) is 12.3 Å². The monoisotopic (exact) mass is 243 g/mol. The predicted molar refractivity (Wildman–Crippen MR) is 67.8 cm³/mol. The van der Waals surface area contributed by atoms with Crippen LogP contribution in [0.1, 0.15) is 20.3 Å². The summed E-state index contributed by atoms with van der Waals surface area (Å²) in [5.41, 5.74) is 5.97. The molecule has 0 radical (unpaired) electrons. The summed E-state index contributed by atoms with van der Waals surface area (Å²) in [5, 5.41) is 0. The number of amides is 2. The minimum absolute atomic E-state index is 0.0873. The Hall–Kier alpha value is -0.810. The van der Waals surface area contributed by atoms with Gasteiger partial charge in [-0.15, -0.1) is 0 Å². The van der Waals surface area contributed by atoms with E-state index >= 15 is 0 Å². The van der Waals surface area contributed by atoms with Crippen LogP contribution in [0.3, 0.4) is 0 Å². The van der Waals surface area contributed by atoms with Crippen LogP contribution < -0.4 is 5.73 Å². The predicted octanol–water partition coefficient (Wildman–Crippen LogP) is 0.744. The molecule has 0 aromatic heterocycles. The molecule has 1 fully saturated rings. The first-order valence-corrected chi connectivity index (χ1v) is 6.35. The third-order valence-electron chi connectivity index (χ3n) is 3.26. The number of ether oxygens (including phenoxy) is 1. The van der Waals surface area contributed by atoms with Crippen LogP contribution in [0, 0.1) is 5.92 Å². The van der Waals surface area contributed by atoms with E-state index in [1.807, 2.05) is 11.9 Å². The smallest absolute Gasteiger partial charge is 0.319 e. The minimum atomic E-state index is 0.0873. The molecule has 2 N–H and O–H groups in total. The SMILES string of the molecule is CC(C)C(N)CCN(C)C(=O)N1CCOCC1. The van der Waals surface area contributed by atoms with Gasteiger partial charge < -0.3 is 20.3 Å². The Bertz CT molecular complexity index is 240. The van der Waals surface area contributed by atoms with Crippen molar-refractivity contribution in [2.24, 2.45) is 11.7 Å². The standard InChI is InChI=1S/C12H25N3O2/c1-10(2)11(13)4-5-14(3)12(16)15-6-8-17-9-7-15/h10-11H,4-9,13H2,1-3H3. The van der Waals surface area contributed by atoms with Crippen molar-refractivity contribution in [1.82, 2.24) is 9.80 Å². The number of rotatable bonds is 4. The minimum Gasteiger partial charge on any atom is -0.378 e. The summed E-state index contributed by atoms with van der Waals surface area (Å²) < 4.78 is 5.23. The third-order valence-corrected chi connectivity index (χ3v) is 3.26. The Morgan fingerprint density at radius 1 is 1.41 bits per heavy atom. The van der Waals surface area contributed by atoms with Crippen molar-refractivity contribution in [3.05, 3.63) is 0 Å². The number of nitrogens with zero attached hydrogens (tertiary/aromatic N) is 2. The maximum absolute atomic E-state index is 12.0. The molecule has 0 spiro atoms. The van der Waals surface area contributed by atoms with Crippen molar-refractivity contribution in [2.75, 3.05) is 39.9 Å². The van der Waals surface area contributed by atoms with Crippen LogP contribution in [0.2, 0.25) is 0 Å². The Morgan fingerprint density at radius 2 is 2.00 bits per heavy atom. The normalized spacial score (nSPS) is 18.3. The number of nitrogens with two attached hydrogens (primary N) is 1. The van der Waals surface area contributed by atoms with Gasteiger partial charge in [0.1, 0.15) is 0 Å². The molecule has 1 atom stereocenters. The van der Waals surface area contributed by atoms with Gasteiger partial charge in [-0.2, -0.15) is 0 Å². The second kappa shape index (κ2) is 6.81. The number of carbonyl (C=O) groups excluding carboxylic acids is 1. The summed E-state index contributed by atoms with van der Waals surface area (Å²) in [4.78, 5) is 15.6. The van der Waals surface area contributed by atoms with Crippen molar-refractivity contribution in [2.45, 2.75) is 26.3 Å². The zero-order valence-electron chi connectivity index (χ0n) is 11.2. The molecule has 1 aliphatic rings. The molecule has 1 heterocycles. The Kier molecular flexibility index (Phi) is 5.71. The lowest BCUT2D eigenvalue weighted by Gasteiger charge is -2.31. The molecule has 0 saturated carbocycles. The topological polar surface area (TPSA) is 58.8 Å². The summed E-state index contributed by atoms with van der Waals surface area (Å²) >= 11 is 0. The van der Waals surface area contributed by atoms with Gasteiger partial charge >= 0.3 is 6.03 Å². The lowest BCUT2D eigenvalue weighted by atomic mass is 10.0. The van der Waals surface area contributed by atoms with Crippen LogP contribution in [-0.4, -0.2) is 61.8 Å². The molecular formula is C12H25N3O2. The molecule has 100 valence electrons. The van der Waals surface area contributed by atoms with Crippen LogP contribution in [0.4, 0.5) is 4.79 Å². The first kappa shape index (κ1) is 14.3. The first-order chi connectivity index (χ1) is 8.02. The number of morpholine rings is 1. The van der Waals surface area contributed by atoms with Gasteiger partial charge in [0.2, 0.25) is 0 Å². The van der Waals surface area contributed by atoms with E-state index in [9.17, 15) is 4.79 Å². The van der Waals surface area contributed by atoms with Crippen molar-refractivity contribution >= 4 is 6.03 Å². The van der Waals surface area contributed by atoms with Crippen LogP contribution in [0.15, 0.2) is 0 Å². The van der Waals surface area contributed by atoms with Crippen molar-refractivity contribution < 1.29 is 9.53 Å². The van der Waals surface area contributed by atoms with Gasteiger partial charge in [-0.1, -0.05) is 13.8 Å². The fourth-order valence-electron chi connectivity index (χ4n) is 1.77. The Labute approximate surface area is 104 Å². The van der Waals surface area contributed by atoms with Crippen LogP contribution in [0.25, 0.3) is 0 Å². The van der Waals surface area contributed by atoms with E-state index in [1.54, 1.807) is 4.90 Å². The molecule has 0 bridgehead atoms. The molecule has 0 aromatic rings. The van der Waals surface area contributed by atoms with Gasteiger partial charge in [0.15, 0.2) is 0 Å². The highest BCUT2D eigenvalue weighted by molar-refractivity contribution is 5.74. The second-order valence-corrected chi connectivity index (χ2v) is 5.00. The summed E-state index contributed by atoms with van der Waals surface area (Å²) in [7, 11) is 1.84. The van der Waals surface area contributed by atoms with Gasteiger partial charge in [-0.3, -0.25) is 0 Å². The third kappa shape index (κ3) is 4.52. The first-order valence-electron chi connectivity index (χ1n) is 6.35. The summed E-state index contributed by atoms with van der Waals surface area (Å²) in [6, 6.07) is 0.249. The molecule has 1 unspecified atom stereocenters. The summed E-state index contributed by atoms with van der Waals surface area (Å²) in [5.74, 6) is 0.460. The number of hydrogen-bond donors (Lipinski definition) is 1. The average molecular weight is 243 g/mol. The van der Waals surface area contributed by atoms with Crippen LogP contribution in [0.5, 0.6) is 0 Å². The highest BCUT2D eigenvalue weighted by Gasteiger charge is 2.20. The fraction of sp³-hybridized carbons (Fsp3) is 0.917. The number of urea groups is 1. The van der Waals surface area contributed by atoms with E-state index in [4.69, 9.17) is 10.5 Å². The fourth-order valence-corrected chi connectivity index (χ4v) is 1.77. The Balaban J connectivity index is 2.30. The molecule has 0 aromatic carbocycles. The van der Waals surface area contributed by atoms with E-state index in [1.165, 1.54) is 0 Å². The van der Waals surface area contributed by atoms with Gasteiger partial charge in [0.05, 0.1) is 13.2 Å². The van der Waals surface area contributed by atoms with Crippen LogP contribution in [-0.2, 0) is 4.74 Å². The van der Waals surface area contributed by atoms with Crippen molar-refractivity contribution in [1.29, 1.82) is 0 Å². The second-order valence-electron chi connectivity index (χ2n) is 5.00. The quantitative estimate of drug-likeness (QED) is 0.792. The van der Waals surface area contributed by atoms with Crippen LogP contribution >= 0.6 is 0 Å². The molecule has 1 aliphatic heterocycles. The molecule has 1 rings (SSSR count). The summed E-state index contributed by atoms with van der Waals surface area (Å²) in [6.07, 6.45) is 0.851. The lowest BCUT2D eigenvalue weighted by molar-refractivity contribution is 0.0450. The Morgan fingerprint density at radius 3 is 2.53 bits per heavy atom. The van der Waals surface area contributed by atoms with E-state index < -0.39 is 0 Å². The molecule has 5 heteroatoms. The molecule has 5 nitrogen and oxygen atoms in total. The maximum Gasteiger partial charge on any atom is 0.319 e. The largest absolute Gasteiger partial charge is 0.378 e. The van der Waals surface area contributed by atoms with Gasteiger partial charge in [-0.25, -0.2) is 4.79 Å². The maximum atomic E-state index is 12.0. The van der Waals surface area contributed by atoms with E-state index in [0.29, 0.717) is 32.2 Å². The van der Waals surface area contributed by atoms with E-state index in [0.717, 1.165) is 13.0 Å². The van der Waals surface area contributed by atoms with Crippen molar-refractivity contribution in [3.8, 4) is 0 Å². The lowest BCUT2D eigenvalue weighted by Crippen LogP contribution is -2.47. The molecule has 1 saturated heterocycles. The highest BCUT2D eigenvalue weighted by atomic mass is 16.5. The van der Waals surface area contributed by atoms with Gasteiger partial charge in [0.25, 0.3) is 0 Å². The van der Waals surface area contributed by atoms with E-state index in [-0.39, 0.29) is 12.1 Å². The molecule has 2 amide bonds. The zero-order valence-corrected chi connectivity index (χ0v) is 11.2. The number of hydrogen-bond acceptors (Lipinski definition) is 3. The average Bonchev–Trinajstić information content (AvgIpc) is 2.35. The van der Waals surface area contributed by atoms with E-state index in [2.05, 4.69) is 13.8 Å². The highest BCUT2D eigenvalue weighted by Crippen LogP contribution is 2.06. The molecular weight excluding hydrogens is 218 g/mol. The molecule has 0 aliphatic carbocycles. The zero-order chi connectivity index (χ0) is 12.8. The van der Waals surface area contributed by atoms with Gasteiger partial charge in [0, 0.05) is 32.7 Å². The summed E-state index contributed by atoms with van der Waals surface area (Å²) in [6.45, 7) is 7.60.